The lowest BCUT2D eigenvalue weighted by molar-refractivity contribution is 0.447. The van der Waals surface area contributed by atoms with Gasteiger partial charge in [-0.05, 0) is 31.5 Å². The van der Waals surface area contributed by atoms with Crippen molar-refractivity contribution in [2.24, 2.45) is 0 Å². The zero-order valence-electron chi connectivity index (χ0n) is 13.4. The fourth-order valence-electron chi connectivity index (χ4n) is 2.57. The van der Waals surface area contributed by atoms with Crippen LogP contribution in [0.5, 0.6) is 0 Å². The van der Waals surface area contributed by atoms with Gasteiger partial charge in [-0.25, -0.2) is 0 Å². The van der Waals surface area contributed by atoms with Gasteiger partial charge in [-0.1, -0.05) is 58.4 Å². The van der Waals surface area contributed by atoms with Gasteiger partial charge >= 0.3 is 0 Å². The predicted molar refractivity (Wildman–Crippen MR) is 88.0 cm³/mol. The third-order valence-electron chi connectivity index (χ3n) is 3.77. The Balaban J connectivity index is 2.25. The van der Waals surface area contributed by atoms with Gasteiger partial charge in [-0.15, -0.1) is 0 Å². The number of pyridine rings is 1. The highest BCUT2D eigenvalue weighted by Crippen LogP contribution is 2.11. The van der Waals surface area contributed by atoms with E-state index >= 15 is 0 Å². The number of aromatic nitrogens is 1. The van der Waals surface area contributed by atoms with E-state index in [2.05, 4.69) is 36.3 Å². The smallest absolute Gasteiger partial charge is 0.0419 e. The van der Waals surface area contributed by atoms with Crippen molar-refractivity contribution in [2.75, 3.05) is 6.54 Å². The third kappa shape index (κ3) is 8.31. The van der Waals surface area contributed by atoms with Gasteiger partial charge in [0.1, 0.15) is 0 Å². The summed E-state index contributed by atoms with van der Waals surface area (Å²) in [6, 6.07) is 6.81. The highest BCUT2D eigenvalue weighted by Gasteiger charge is 2.09. The summed E-state index contributed by atoms with van der Waals surface area (Å²) in [5.41, 5.74) is 1.21. The molecule has 1 heterocycles. The molecule has 20 heavy (non-hydrogen) atoms. The van der Waals surface area contributed by atoms with Crippen LogP contribution in [0.1, 0.15) is 70.9 Å². The van der Waals surface area contributed by atoms with Gasteiger partial charge in [-0.3, -0.25) is 4.98 Å². The molecule has 2 nitrogen and oxygen atoms in total. The van der Waals surface area contributed by atoms with Crippen molar-refractivity contribution in [1.82, 2.24) is 10.3 Å². The monoisotopic (exact) mass is 276 g/mol. The van der Waals surface area contributed by atoms with Gasteiger partial charge in [-0.2, -0.15) is 0 Å². The molecule has 0 spiro atoms. The Morgan fingerprint density at radius 3 is 2.50 bits per heavy atom. The lowest BCUT2D eigenvalue weighted by atomic mass is 10.0. The fraction of sp³-hybridized carbons (Fsp3) is 0.722. The lowest BCUT2D eigenvalue weighted by Gasteiger charge is -2.18. The Labute approximate surface area is 125 Å². The van der Waals surface area contributed by atoms with E-state index < -0.39 is 0 Å². The molecule has 2 heteroatoms. The molecule has 0 aliphatic rings. The van der Waals surface area contributed by atoms with Crippen molar-refractivity contribution in [1.29, 1.82) is 0 Å². The molecule has 1 aromatic rings. The number of nitrogens with zero attached hydrogens (tertiary/aromatic N) is 1. The zero-order valence-corrected chi connectivity index (χ0v) is 13.4. The van der Waals surface area contributed by atoms with Gasteiger partial charge in [0, 0.05) is 24.4 Å². The van der Waals surface area contributed by atoms with Crippen molar-refractivity contribution < 1.29 is 0 Å². The van der Waals surface area contributed by atoms with Crippen LogP contribution >= 0.6 is 0 Å². The van der Waals surface area contributed by atoms with E-state index in [0.29, 0.717) is 6.04 Å². The molecule has 0 aliphatic heterocycles. The Hall–Kier alpha value is -0.890. The number of unbranched alkanes of at least 4 members (excludes halogenated alkanes) is 5. The molecule has 1 aromatic heterocycles. The van der Waals surface area contributed by atoms with Gasteiger partial charge in [0.05, 0.1) is 0 Å². The molecular weight excluding hydrogens is 244 g/mol. The average molecular weight is 276 g/mol. The minimum atomic E-state index is 0.594. The van der Waals surface area contributed by atoms with E-state index in [4.69, 9.17) is 0 Å². The standard InChI is InChI=1S/C18H32N2/c1-3-5-6-7-8-9-12-17(19-14-4-2)16-18-13-10-11-15-20-18/h10-11,13,15,17,19H,3-9,12,14,16H2,1-2H3. The van der Waals surface area contributed by atoms with Crippen LogP contribution in [-0.4, -0.2) is 17.6 Å². The van der Waals surface area contributed by atoms with Gasteiger partial charge < -0.3 is 5.32 Å². The van der Waals surface area contributed by atoms with Crippen LogP contribution in [0.2, 0.25) is 0 Å². The van der Waals surface area contributed by atoms with Crippen LogP contribution in [0.3, 0.4) is 0 Å². The summed E-state index contributed by atoms with van der Waals surface area (Å²) in [4.78, 5) is 4.46. The van der Waals surface area contributed by atoms with Crippen molar-refractivity contribution in [3.8, 4) is 0 Å². The summed E-state index contributed by atoms with van der Waals surface area (Å²) in [7, 11) is 0. The molecule has 1 atom stereocenters. The third-order valence-corrected chi connectivity index (χ3v) is 3.77. The zero-order chi connectivity index (χ0) is 14.5. The average Bonchev–Trinajstić information content (AvgIpc) is 2.49. The van der Waals surface area contributed by atoms with Crippen molar-refractivity contribution in [2.45, 2.75) is 77.7 Å². The second-order valence-electron chi connectivity index (χ2n) is 5.73. The largest absolute Gasteiger partial charge is 0.314 e. The molecule has 1 rings (SSSR count). The second kappa shape index (κ2) is 11.9. The first-order valence-electron chi connectivity index (χ1n) is 8.50. The van der Waals surface area contributed by atoms with Gasteiger partial charge in [0.2, 0.25) is 0 Å². The first-order valence-corrected chi connectivity index (χ1v) is 8.50. The minimum Gasteiger partial charge on any atom is -0.314 e. The van der Waals surface area contributed by atoms with Crippen LogP contribution < -0.4 is 5.32 Å². The maximum atomic E-state index is 4.46. The van der Waals surface area contributed by atoms with E-state index in [1.807, 2.05) is 12.3 Å². The normalized spacial score (nSPS) is 12.5. The fourth-order valence-corrected chi connectivity index (χ4v) is 2.57. The summed E-state index contributed by atoms with van der Waals surface area (Å²) in [5, 5.41) is 3.68. The molecule has 0 aromatic carbocycles. The Kier molecular flexibility index (Phi) is 10.2. The molecule has 0 amide bonds. The highest BCUT2D eigenvalue weighted by atomic mass is 14.9. The molecule has 0 bridgehead atoms. The van der Waals surface area contributed by atoms with Crippen LogP contribution in [0.25, 0.3) is 0 Å². The van der Waals surface area contributed by atoms with Crippen molar-refractivity contribution in [3.63, 3.8) is 0 Å². The Morgan fingerprint density at radius 1 is 1.00 bits per heavy atom. The number of rotatable bonds is 12. The Bertz CT molecular complexity index is 310. The van der Waals surface area contributed by atoms with Gasteiger partial charge in [0.25, 0.3) is 0 Å². The molecule has 0 saturated carbocycles. The van der Waals surface area contributed by atoms with E-state index in [9.17, 15) is 0 Å². The molecule has 0 fully saturated rings. The first kappa shape index (κ1) is 17.2. The molecule has 114 valence electrons. The molecular formula is C18H32N2. The number of hydrogen-bond donors (Lipinski definition) is 1. The van der Waals surface area contributed by atoms with E-state index in [1.54, 1.807) is 0 Å². The van der Waals surface area contributed by atoms with Crippen molar-refractivity contribution in [3.05, 3.63) is 30.1 Å². The second-order valence-corrected chi connectivity index (χ2v) is 5.73. The lowest BCUT2D eigenvalue weighted by Crippen LogP contribution is -2.32. The summed E-state index contributed by atoms with van der Waals surface area (Å²) in [6.45, 7) is 5.63. The summed E-state index contributed by atoms with van der Waals surface area (Å²) >= 11 is 0. The minimum absolute atomic E-state index is 0.594. The number of nitrogens with one attached hydrogen (secondary N) is 1. The van der Waals surface area contributed by atoms with Crippen LogP contribution in [-0.2, 0) is 6.42 Å². The first-order chi connectivity index (χ1) is 9.86. The summed E-state index contributed by atoms with van der Waals surface area (Å²) < 4.78 is 0. The topological polar surface area (TPSA) is 24.9 Å². The van der Waals surface area contributed by atoms with E-state index in [-0.39, 0.29) is 0 Å². The SMILES string of the molecule is CCCCCCCCC(Cc1ccccn1)NCCC. The number of hydrogen-bond acceptors (Lipinski definition) is 2. The van der Waals surface area contributed by atoms with Crippen molar-refractivity contribution >= 4 is 0 Å². The molecule has 1 N–H and O–H groups in total. The van der Waals surface area contributed by atoms with Crippen LogP contribution in [0, 0.1) is 0 Å². The maximum Gasteiger partial charge on any atom is 0.0419 e. The molecule has 0 radical (unpaired) electrons. The van der Waals surface area contributed by atoms with Crippen LogP contribution in [0.4, 0.5) is 0 Å². The van der Waals surface area contributed by atoms with Crippen LogP contribution in [0.15, 0.2) is 24.4 Å². The quantitative estimate of drug-likeness (QED) is 0.558. The summed E-state index contributed by atoms with van der Waals surface area (Å²) in [6.07, 6.45) is 13.7. The molecule has 1 unspecified atom stereocenters. The van der Waals surface area contributed by atoms with Gasteiger partial charge in [0.15, 0.2) is 0 Å². The highest BCUT2D eigenvalue weighted by molar-refractivity contribution is 5.05. The molecule has 0 aliphatic carbocycles. The van der Waals surface area contributed by atoms with E-state index in [1.165, 1.54) is 57.1 Å². The Morgan fingerprint density at radius 2 is 1.80 bits per heavy atom. The van der Waals surface area contributed by atoms with E-state index in [0.717, 1.165) is 13.0 Å². The predicted octanol–water partition coefficient (Wildman–Crippen LogP) is 4.74. The molecule has 0 saturated heterocycles. The summed E-state index contributed by atoms with van der Waals surface area (Å²) in [5.74, 6) is 0. The maximum absolute atomic E-state index is 4.46.